The summed E-state index contributed by atoms with van der Waals surface area (Å²) in [5, 5.41) is 9.04. The summed E-state index contributed by atoms with van der Waals surface area (Å²) in [7, 11) is 1.94. The molecular formula is C23H28ClN5. The monoisotopic (exact) mass is 409 g/mol. The first-order chi connectivity index (χ1) is 13.6. The van der Waals surface area contributed by atoms with Crippen molar-refractivity contribution in [3.63, 3.8) is 0 Å². The van der Waals surface area contributed by atoms with Gasteiger partial charge in [0.25, 0.3) is 0 Å². The van der Waals surface area contributed by atoms with Gasteiger partial charge in [0, 0.05) is 48.8 Å². The fraction of sp³-hybridized carbons (Fsp3) is 0.304. The summed E-state index contributed by atoms with van der Waals surface area (Å²) in [6.07, 6.45) is 10.4. The first-order valence-electron chi connectivity index (χ1n) is 9.88. The smallest absolute Gasteiger partial charge is 0.139 e. The zero-order valence-corrected chi connectivity index (χ0v) is 18.3. The van der Waals surface area contributed by atoms with Crippen molar-refractivity contribution in [1.82, 2.24) is 19.3 Å². The molecule has 0 saturated carbocycles. The van der Waals surface area contributed by atoms with E-state index in [1.165, 1.54) is 35.0 Å². The van der Waals surface area contributed by atoms with Crippen LogP contribution in [0.15, 0.2) is 49.1 Å². The fourth-order valence-electron chi connectivity index (χ4n) is 3.76. The predicted molar refractivity (Wildman–Crippen MR) is 123 cm³/mol. The molecule has 3 aromatic heterocycles. The minimum atomic E-state index is 0. The summed E-state index contributed by atoms with van der Waals surface area (Å²) in [4.78, 5) is 4.62. The quantitative estimate of drug-likeness (QED) is 0.423. The van der Waals surface area contributed by atoms with Gasteiger partial charge in [-0.05, 0) is 61.2 Å². The second-order valence-electron chi connectivity index (χ2n) is 7.47. The van der Waals surface area contributed by atoms with Gasteiger partial charge in [-0.3, -0.25) is 4.68 Å². The van der Waals surface area contributed by atoms with Gasteiger partial charge in [-0.1, -0.05) is 13.3 Å². The lowest BCUT2D eigenvalue weighted by Crippen LogP contribution is -2.00. The highest BCUT2D eigenvalue weighted by molar-refractivity contribution is 5.92. The number of benzene rings is 1. The lowest BCUT2D eigenvalue weighted by Gasteiger charge is -2.15. The van der Waals surface area contributed by atoms with Crippen molar-refractivity contribution in [2.24, 2.45) is 7.05 Å². The Kier molecular flexibility index (Phi) is 6.28. The number of anilines is 2. The molecule has 6 heteroatoms. The Morgan fingerprint density at radius 2 is 1.83 bits per heavy atom. The van der Waals surface area contributed by atoms with Crippen molar-refractivity contribution in [3.8, 4) is 11.1 Å². The number of pyridine rings is 1. The summed E-state index contributed by atoms with van der Waals surface area (Å²) in [6.45, 7) is 7.55. The lowest BCUT2D eigenvalue weighted by atomic mass is 10.0. The molecule has 4 aromatic rings. The number of fused-ring (bicyclic) bond motifs is 1. The van der Waals surface area contributed by atoms with Gasteiger partial charge >= 0.3 is 0 Å². The minimum absolute atomic E-state index is 0. The molecule has 1 N–H and O–H groups in total. The molecule has 0 saturated heterocycles. The third kappa shape index (κ3) is 4.15. The van der Waals surface area contributed by atoms with Gasteiger partial charge in [0.2, 0.25) is 0 Å². The highest BCUT2D eigenvalue weighted by Crippen LogP contribution is 2.32. The van der Waals surface area contributed by atoms with E-state index in [0.29, 0.717) is 0 Å². The largest absolute Gasteiger partial charge is 0.347 e. The summed E-state index contributed by atoms with van der Waals surface area (Å²) >= 11 is 0. The fourth-order valence-corrected chi connectivity index (χ4v) is 3.76. The molecule has 0 aliphatic rings. The van der Waals surface area contributed by atoms with Crippen LogP contribution in [0.1, 0.15) is 30.9 Å². The number of aromatic nitrogens is 4. The van der Waals surface area contributed by atoms with Gasteiger partial charge in [0.15, 0.2) is 0 Å². The number of halogens is 1. The molecule has 1 aromatic carbocycles. The Bertz CT molecular complexity index is 1100. The molecule has 0 spiro atoms. The van der Waals surface area contributed by atoms with Gasteiger partial charge in [-0.15, -0.1) is 12.4 Å². The molecule has 152 valence electrons. The molecule has 0 aliphatic carbocycles. The number of nitrogens with one attached hydrogen (secondary N) is 1. The van der Waals surface area contributed by atoms with E-state index in [0.717, 1.165) is 29.0 Å². The van der Waals surface area contributed by atoms with E-state index < -0.39 is 0 Å². The van der Waals surface area contributed by atoms with E-state index in [-0.39, 0.29) is 12.4 Å². The predicted octanol–water partition coefficient (Wildman–Crippen LogP) is 6.02. The maximum Gasteiger partial charge on any atom is 0.139 e. The van der Waals surface area contributed by atoms with Crippen LogP contribution in [0.4, 0.5) is 11.5 Å². The van der Waals surface area contributed by atoms with Crippen LogP contribution in [0.25, 0.3) is 22.0 Å². The highest BCUT2D eigenvalue weighted by Gasteiger charge is 2.12. The van der Waals surface area contributed by atoms with E-state index >= 15 is 0 Å². The summed E-state index contributed by atoms with van der Waals surface area (Å²) in [6, 6.07) is 8.67. The highest BCUT2D eigenvalue weighted by atomic mass is 35.5. The average molecular weight is 410 g/mol. The molecule has 0 radical (unpaired) electrons. The topological polar surface area (TPSA) is 47.7 Å². The normalized spacial score (nSPS) is 10.9. The maximum atomic E-state index is 4.62. The summed E-state index contributed by atoms with van der Waals surface area (Å²) < 4.78 is 4.15. The number of hydrogen-bond donors (Lipinski definition) is 1. The standard InChI is InChI=1S/C23H27N5.ClH/c1-5-6-10-28-11-8-20-21(28)7-9-24-23(20)26-22-16(2)12-18(13-17(22)3)19-14-25-27(4)15-19;/h7-9,11-15H,5-6,10H2,1-4H3,(H,24,26);1H. The molecule has 4 rings (SSSR count). The van der Waals surface area contributed by atoms with Gasteiger partial charge in [0.1, 0.15) is 5.82 Å². The molecule has 0 unspecified atom stereocenters. The molecular weight excluding hydrogens is 382 g/mol. The first-order valence-corrected chi connectivity index (χ1v) is 9.88. The van der Waals surface area contributed by atoms with Crippen LogP contribution in [0.2, 0.25) is 0 Å². The molecule has 0 atom stereocenters. The van der Waals surface area contributed by atoms with Gasteiger partial charge in [-0.2, -0.15) is 5.10 Å². The molecule has 0 amide bonds. The molecule has 3 heterocycles. The number of rotatable bonds is 6. The Balaban J connectivity index is 0.00000240. The summed E-state index contributed by atoms with van der Waals surface area (Å²) in [5.74, 6) is 0.910. The zero-order valence-electron chi connectivity index (χ0n) is 17.4. The van der Waals surface area contributed by atoms with E-state index in [1.54, 1.807) is 0 Å². The SMILES string of the molecule is CCCCn1ccc2c(Nc3c(C)cc(-c4cnn(C)c4)cc3C)nccc21.Cl. The molecule has 29 heavy (non-hydrogen) atoms. The van der Waals surface area contributed by atoms with E-state index in [9.17, 15) is 0 Å². The Morgan fingerprint density at radius 3 is 2.48 bits per heavy atom. The van der Waals surface area contributed by atoms with Crippen molar-refractivity contribution in [2.45, 2.75) is 40.2 Å². The number of hydrogen-bond acceptors (Lipinski definition) is 3. The van der Waals surface area contributed by atoms with Crippen LogP contribution < -0.4 is 5.32 Å². The van der Waals surface area contributed by atoms with Crippen molar-refractivity contribution in [2.75, 3.05) is 5.32 Å². The minimum Gasteiger partial charge on any atom is -0.347 e. The number of nitrogens with zero attached hydrogens (tertiary/aromatic N) is 4. The van der Waals surface area contributed by atoms with Crippen molar-refractivity contribution in [1.29, 1.82) is 0 Å². The van der Waals surface area contributed by atoms with Crippen LogP contribution >= 0.6 is 12.4 Å². The van der Waals surface area contributed by atoms with Gasteiger partial charge in [0.05, 0.1) is 11.7 Å². The second kappa shape index (κ2) is 8.70. The van der Waals surface area contributed by atoms with E-state index in [4.69, 9.17) is 0 Å². The first kappa shape index (κ1) is 20.9. The van der Waals surface area contributed by atoms with Crippen LogP contribution in [-0.4, -0.2) is 19.3 Å². The maximum absolute atomic E-state index is 4.62. The lowest BCUT2D eigenvalue weighted by molar-refractivity contribution is 0.650. The Hall–Kier alpha value is -2.79. The average Bonchev–Trinajstić information content (AvgIpc) is 3.29. The molecule has 0 aliphatic heterocycles. The number of aryl methyl sites for hydroxylation is 4. The third-order valence-corrected chi connectivity index (χ3v) is 5.26. The van der Waals surface area contributed by atoms with Gasteiger partial charge < -0.3 is 9.88 Å². The Labute approximate surface area is 178 Å². The van der Waals surface area contributed by atoms with E-state index in [1.807, 2.05) is 30.3 Å². The van der Waals surface area contributed by atoms with Crippen LogP contribution in [0.3, 0.4) is 0 Å². The second-order valence-corrected chi connectivity index (χ2v) is 7.47. The van der Waals surface area contributed by atoms with Crippen molar-refractivity contribution < 1.29 is 0 Å². The number of unbranched alkanes of at least 4 members (excludes halogenated alkanes) is 1. The molecule has 5 nitrogen and oxygen atoms in total. The van der Waals surface area contributed by atoms with Crippen LogP contribution in [0, 0.1) is 13.8 Å². The molecule has 0 bridgehead atoms. The van der Waals surface area contributed by atoms with Crippen LogP contribution in [0.5, 0.6) is 0 Å². The third-order valence-electron chi connectivity index (χ3n) is 5.26. The van der Waals surface area contributed by atoms with Crippen molar-refractivity contribution >= 4 is 34.8 Å². The summed E-state index contributed by atoms with van der Waals surface area (Å²) in [5.41, 5.74) is 7.06. The zero-order chi connectivity index (χ0) is 19.7. The van der Waals surface area contributed by atoms with E-state index in [2.05, 4.69) is 71.2 Å². The van der Waals surface area contributed by atoms with Gasteiger partial charge in [-0.25, -0.2) is 4.98 Å². The van der Waals surface area contributed by atoms with Crippen LogP contribution in [-0.2, 0) is 13.6 Å². The molecule has 0 fully saturated rings. The Morgan fingerprint density at radius 1 is 1.07 bits per heavy atom. The van der Waals surface area contributed by atoms with Crippen molar-refractivity contribution in [3.05, 3.63) is 60.2 Å².